The Bertz CT molecular complexity index is 460. The minimum Gasteiger partial charge on any atom is -0.480 e. The predicted octanol–water partition coefficient (Wildman–Crippen LogP) is 1.46. The summed E-state index contributed by atoms with van der Waals surface area (Å²) in [6.07, 6.45) is 2.06. The van der Waals surface area contributed by atoms with Gasteiger partial charge in [0.2, 0.25) is 0 Å². The van der Waals surface area contributed by atoms with Gasteiger partial charge in [-0.1, -0.05) is 24.3 Å². The summed E-state index contributed by atoms with van der Waals surface area (Å²) < 4.78 is 5.30. The van der Waals surface area contributed by atoms with Crippen molar-refractivity contribution >= 4 is 5.97 Å². The van der Waals surface area contributed by atoms with Crippen LogP contribution >= 0.6 is 0 Å². The van der Waals surface area contributed by atoms with Crippen LogP contribution in [0, 0.1) is 0 Å². The highest BCUT2D eigenvalue weighted by molar-refractivity contribution is 5.74. The molecule has 2 aliphatic rings. The second kappa shape index (κ2) is 4.71. The van der Waals surface area contributed by atoms with Gasteiger partial charge in [-0.15, -0.1) is 0 Å². The number of aliphatic carboxylic acids is 1. The molecule has 2 atom stereocenters. The zero-order valence-corrected chi connectivity index (χ0v) is 10.2. The maximum absolute atomic E-state index is 11.3. The molecule has 0 saturated carbocycles. The van der Waals surface area contributed by atoms with Gasteiger partial charge in [0.05, 0.1) is 13.2 Å². The molecular weight excluding hydrogens is 230 g/mol. The summed E-state index contributed by atoms with van der Waals surface area (Å²) in [4.78, 5) is 13.4. The highest BCUT2D eigenvalue weighted by atomic mass is 16.5. The topological polar surface area (TPSA) is 49.8 Å². The molecule has 96 valence electrons. The van der Waals surface area contributed by atoms with E-state index in [0.717, 1.165) is 12.8 Å². The number of ether oxygens (including phenoxy) is 1. The predicted molar refractivity (Wildman–Crippen MR) is 66.5 cm³/mol. The highest BCUT2D eigenvalue weighted by Crippen LogP contribution is 2.37. The molecule has 1 aromatic carbocycles. The van der Waals surface area contributed by atoms with Gasteiger partial charge >= 0.3 is 5.97 Å². The molecule has 3 rings (SSSR count). The lowest BCUT2D eigenvalue weighted by atomic mass is 10.0. The van der Waals surface area contributed by atoms with Gasteiger partial charge in [0.15, 0.2) is 0 Å². The lowest BCUT2D eigenvalue weighted by molar-refractivity contribution is -0.151. The van der Waals surface area contributed by atoms with E-state index in [1.165, 1.54) is 11.1 Å². The molecule has 1 aromatic rings. The van der Waals surface area contributed by atoms with Crippen molar-refractivity contribution in [1.29, 1.82) is 0 Å². The molecule has 0 aromatic heterocycles. The summed E-state index contributed by atoms with van der Waals surface area (Å²) in [7, 11) is 0. The van der Waals surface area contributed by atoms with Crippen LogP contribution in [-0.2, 0) is 16.0 Å². The van der Waals surface area contributed by atoms with Gasteiger partial charge < -0.3 is 9.84 Å². The molecule has 0 bridgehead atoms. The Kier molecular flexibility index (Phi) is 3.06. The van der Waals surface area contributed by atoms with E-state index in [1.807, 2.05) is 6.07 Å². The smallest absolute Gasteiger partial charge is 0.323 e. The molecule has 0 amide bonds. The molecular formula is C14H17NO3. The SMILES string of the molecule is O=C(O)C1COCCN1C1CCc2ccccc21. The molecule has 1 fully saturated rings. The zero-order chi connectivity index (χ0) is 12.5. The second-order valence-electron chi connectivity index (χ2n) is 4.92. The molecule has 1 heterocycles. The minimum absolute atomic E-state index is 0.242. The third-order valence-electron chi connectivity index (χ3n) is 3.96. The summed E-state index contributed by atoms with van der Waals surface area (Å²) >= 11 is 0. The van der Waals surface area contributed by atoms with E-state index in [0.29, 0.717) is 19.8 Å². The third kappa shape index (κ3) is 1.91. The number of aryl methyl sites for hydroxylation is 1. The lowest BCUT2D eigenvalue weighted by Crippen LogP contribution is -2.50. The summed E-state index contributed by atoms with van der Waals surface area (Å²) in [5.74, 6) is -0.779. The van der Waals surface area contributed by atoms with E-state index in [1.54, 1.807) is 0 Å². The van der Waals surface area contributed by atoms with Crippen molar-refractivity contribution in [3.8, 4) is 0 Å². The summed E-state index contributed by atoms with van der Waals surface area (Å²) in [5, 5.41) is 9.30. The van der Waals surface area contributed by atoms with E-state index in [9.17, 15) is 9.90 Å². The monoisotopic (exact) mass is 247 g/mol. The van der Waals surface area contributed by atoms with Crippen LogP contribution < -0.4 is 0 Å². The molecule has 1 N–H and O–H groups in total. The molecule has 1 aliphatic heterocycles. The molecule has 1 saturated heterocycles. The van der Waals surface area contributed by atoms with Gasteiger partial charge in [0.1, 0.15) is 6.04 Å². The Morgan fingerprint density at radius 3 is 3.06 bits per heavy atom. The van der Waals surface area contributed by atoms with Crippen LogP contribution in [0.15, 0.2) is 24.3 Å². The van der Waals surface area contributed by atoms with E-state index in [2.05, 4.69) is 23.1 Å². The van der Waals surface area contributed by atoms with Crippen LogP contribution in [0.4, 0.5) is 0 Å². The Hall–Kier alpha value is -1.39. The Morgan fingerprint density at radius 2 is 2.22 bits per heavy atom. The maximum atomic E-state index is 11.3. The summed E-state index contributed by atoms with van der Waals surface area (Å²) in [6, 6.07) is 8.09. The quantitative estimate of drug-likeness (QED) is 0.859. The standard InChI is InChI=1S/C14H17NO3/c16-14(17)13-9-18-8-7-15(13)12-6-5-10-3-1-2-4-11(10)12/h1-4,12-13H,5-9H2,(H,16,17). The Labute approximate surface area is 106 Å². The average Bonchev–Trinajstić information content (AvgIpc) is 2.82. The van der Waals surface area contributed by atoms with E-state index in [4.69, 9.17) is 4.74 Å². The normalized spacial score (nSPS) is 28.0. The zero-order valence-electron chi connectivity index (χ0n) is 10.2. The first-order chi connectivity index (χ1) is 8.77. The Morgan fingerprint density at radius 1 is 1.39 bits per heavy atom. The van der Waals surface area contributed by atoms with Crippen molar-refractivity contribution in [2.24, 2.45) is 0 Å². The van der Waals surface area contributed by atoms with Gasteiger partial charge in [0.25, 0.3) is 0 Å². The number of nitrogens with zero attached hydrogens (tertiary/aromatic N) is 1. The van der Waals surface area contributed by atoms with Crippen molar-refractivity contribution in [3.05, 3.63) is 35.4 Å². The van der Waals surface area contributed by atoms with Crippen LogP contribution in [-0.4, -0.2) is 41.8 Å². The summed E-state index contributed by atoms with van der Waals surface area (Å²) in [6.45, 7) is 1.63. The molecule has 0 radical (unpaired) electrons. The van der Waals surface area contributed by atoms with Crippen molar-refractivity contribution in [2.75, 3.05) is 19.8 Å². The van der Waals surface area contributed by atoms with Gasteiger partial charge in [-0.3, -0.25) is 9.69 Å². The fourth-order valence-corrected chi connectivity index (χ4v) is 3.08. The van der Waals surface area contributed by atoms with Crippen LogP contribution in [0.3, 0.4) is 0 Å². The fourth-order valence-electron chi connectivity index (χ4n) is 3.08. The molecule has 4 heteroatoms. The largest absolute Gasteiger partial charge is 0.480 e. The van der Waals surface area contributed by atoms with Crippen molar-refractivity contribution < 1.29 is 14.6 Å². The number of hydrogen-bond acceptors (Lipinski definition) is 3. The van der Waals surface area contributed by atoms with Gasteiger partial charge in [0, 0.05) is 12.6 Å². The number of hydrogen-bond donors (Lipinski definition) is 1. The minimum atomic E-state index is -0.779. The summed E-state index contributed by atoms with van der Waals surface area (Å²) in [5.41, 5.74) is 2.66. The first-order valence-electron chi connectivity index (χ1n) is 6.41. The number of morpholine rings is 1. The number of rotatable bonds is 2. The Balaban J connectivity index is 1.88. The number of carbonyl (C=O) groups is 1. The molecule has 2 unspecified atom stereocenters. The lowest BCUT2D eigenvalue weighted by Gasteiger charge is -2.37. The van der Waals surface area contributed by atoms with E-state index < -0.39 is 12.0 Å². The van der Waals surface area contributed by atoms with E-state index >= 15 is 0 Å². The highest BCUT2D eigenvalue weighted by Gasteiger charge is 2.37. The van der Waals surface area contributed by atoms with Gasteiger partial charge in [-0.05, 0) is 24.0 Å². The second-order valence-corrected chi connectivity index (χ2v) is 4.92. The van der Waals surface area contributed by atoms with Crippen LogP contribution in [0.1, 0.15) is 23.6 Å². The van der Waals surface area contributed by atoms with Gasteiger partial charge in [-0.25, -0.2) is 0 Å². The van der Waals surface area contributed by atoms with Gasteiger partial charge in [-0.2, -0.15) is 0 Å². The molecule has 18 heavy (non-hydrogen) atoms. The van der Waals surface area contributed by atoms with Crippen molar-refractivity contribution in [3.63, 3.8) is 0 Å². The first kappa shape index (κ1) is 11.7. The third-order valence-corrected chi connectivity index (χ3v) is 3.96. The van der Waals surface area contributed by atoms with Crippen LogP contribution in [0.2, 0.25) is 0 Å². The molecule has 4 nitrogen and oxygen atoms in total. The first-order valence-corrected chi connectivity index (χ1v) is 6.41. The fraction of sp³-hybridized carbons (Fsp3) is 0.500. The molecule has 1 aliphatic carbocycles. The number of carboxylic acid groups (broad SMARTS) is 1. The average molecular weight is 247 g/mol. The number of fused-ring (bicyclic) bond motifs is 1. The maximum Gasteiger partial charge on any atom is 0.323 e. The van der Waals surface area contributed by atoms with Crippen LogP contribution in [0.5, 0.6) is 0 Å². The number of benzene rings is 1. The van der Waals surface area contributed by atoms with E-state index in [-0.39, 0.29) is 6.04 Å². The number of carboxylic acids is 1. The van der Waals surface area contributed by atoms with Crippen LogP contribution in [0.25, 0.3) is 0 Å². The molecule has 0 spiro atoms. The van der Waals surface area contributed by atoms with Crippen molar-refractivity contribution in [2.45, 2.75) is 24.9 Å². The van der Waals surface area contributed by atoms with Crippen molar-refractivity contribution in [1.82, 2.24) is 4.90 Å².